The zero-order chi connectivity index (χ0) is 31.8. The number of carbonyl (C=O) groups excluding carboxylic acids is 1. The molecule has 14 atom stereocenters. The summed E-state index contributed by atoms with van der Waals surface area (Å²) < 4.78 is 13.0. The zero-order valence-corrected chi connectivity index (χ0v) is 28.8. The van der Waals surface area contributed by atoms with Crippen LogP contribution in [0.2, 0.25) is 0 Å². The molecule has 0 aromatic heterocycles. The van der Waals surface area contributed by atoms with Gasteiger partial charge in [0.05, 0.1) is 35.4 Å². The van der Waals surface area contributed by atoms with E-state index in [-0.39, 0.29) is 63.0 Å². The third-order valence-corrected chi connectivity index (χ3v) is 15.9. The molecule has 5 saturated carbocycles. The standard InChI is InChI=1S/C37H62O6/c1-11-21(2)22(3)30(40)42-26-13-15-37-20-36(37)17-16-33(8)29(35(10)14-12-27(43-35)32(6,7)41)24(39)19-34(33,9)25(36)18-23(38)28(37)31(26,4)5/h21-29,38-39,41H,11-20H2,1-10H3. The van der Waals surface area contributed by atoms with E-state index in [1.165, 1.54) is 0 Å². The van der Waals surface area contributed by atoms with E-state index in [0.29, 0.717) is 11.8 Å². The monoisotopic (exact) mass is 602 g/mol. The maximum absolute atomic E-state index is 13.2. The molecule has 1 saturated heterocycles. The Hall–Kier alpha value is -0.690. The largest absolute Gasteiger partial charge is 0.462 e. The van der Waals surface area contributed by atoms with Crippen molar-refractivity contribution in [2.45, 2.75) is 169 Å². The van der Waals surface area contributed by atoms with Crippen molar-refractivity contribution in [3.63, 3.8) is 0 Å². The van der Waals surface area contributed by atoms with E-state index in [1.54, 1.807) is 0 Å². The van der Waals surface area contributed by atoms with Crippen LogP contribution in [0.4, 0.5) is 0 Å². The molecule has 1 aliphatic heterocycles. The minimum Gasteiger partial charge on any atom is -0.462 e. The molecule has 0 amide bonds. The van der Waals surface area contributed by atoms with Crippen molar-refractivity contribution in [2.24, 2.45) is 56.7 Å². The molecule has 43 heavy (non-hydrogen) atoms. The molecule has 3 N–H and O–H groups in total. The SMILES string of the molecule is CCC(C)C(C)C(=O)OC1CCC23CC24CCC2(C)C(C5(C)CCC(C(C)(C)O)O5)C(O)CC2(C)C4CC(O)C3C1(C)C. The summed E-state index contributed by atoms with van der Waals surface area (Å²) in [6, 6.07) is 0. The average molecular weight is 603 g/mol. The molecule has 6 fully saturated rings. The highest BCUT2D eigenvalue weighted by atomic mass is 16.5. The van der Waals surface area contributed by atoms with E-state index in [4.69, 9.17) is 9.47 Å². The summed E-state index contributed by atoms with van der Waals surface area (Å²) in [5.74, 6) is 0.544. The normalized spacial score (nSPS) is 53.2. The quantitative estimate of drug-likeness (QED) is 0.294. The summed E-state index contributed by atoms with van der Waals surface area (Å²) in [7, 11) is 0. The van der Waals surface area contributed by atoms with Gasteiger partial charge >= 0.3 is 5.97 Å². The van der Waals surface area contributed by atoms with E-state index < -0.39 is 23.4 Å². The van der Waals surface area contributed by atoms with E-state index in [9.17, 15) is 20.1 Å². The smallest absolute Gasteiger partial charge is 0.309 e. The van der Waals surface area contributed by atoms with E-state index in [2.05, 4.69) is 48.5 Å². The number of rotatable bonds is 6. The number of ether oxygens (including phenoxy) is 2. The summed E-state index contributed by atoms with van der Waals surface area (Å²) in [6.45, 7) is 21.4. The van der Waals surface area contributed by atoms with E-state index in [0.717, 1.165) is 64.2 Å². The van der Waals surface area contributed by atoms with Gasteiger partial charge in [-0.15, -0.1) is 0 Å². The van der Waals surface area contributed by atoms with Gasteiger partial charge in [-0.3, -0.25) is 4.79 Å². The van der Waals surface area contributed by atoms with Crippen molar-refractivity contribution < 1.29 is 29.6 Å². The van der Waals surface area contributed by atoms with Crippen LogP contribution in [0.15, 0.2) is 0 Å². The number of esters is 1. The van der Waals surface area contributed by atoms with Crippen molar-refractivity contribution in [3.8, 4) is 0 Å². The van der Waals surface area contributed by atoms with Crippen molar-refractivity contribution >= 4 is 5.97 Å². The van der Waals surface area contributed by atoms with Gasteiger partial charge in [0, 0.05) is 11.3 Å². The topological polar surface area (TPSA) is 96.2 Å². The number of aliphatic hydroxyl groups is 3. The van der Waals surface area contributed by atoms with Crippen molar-refractivity contribution in [1.29, 1.82) is 0 Å². The highest BCUT2D eigenvalue weighted by Gasteiger charge is 2.85. The fraction of sp³-hybridized carbons (Fsp3) is 0.973. The molecule has 5 aliphatic carbocycles. The Morgan fingerprint density at radius 3 is 2.21 bits per heavy atom. The van der Waals surface area contributed by atoms with Crippen LogP contribution in [0.3, 0.4) is 0 Å². The molecular formula is C37H62O6. The number of aliphatic hydroxyl groups excluding tert-OH is 2. The van der Waals surface area contributed by atoms with Crippen LogP contribution in [-0.4, -0.2) is 56.9 Å². The lowest BCUT2D eigenvalue weighted by Gasteiger charge is -2.64. The molecule has 0 aromatic rings. The molecule has 1 heterocycles. The summed E-state index contributed by atoms with van der Waals surface area (Å²) in [4.78, 5) is 13.2. The van der Waals surface area contributed by atoms with Crippen LogP contribution in [0, 0.1) is 56.7 Å². The first-order valence-electron chi connectivity index (χ1n) is 17.7. The molecule has 6 heteroatoms. The second kappa shape index (κ2) is 9.67. The lowest BCUT2D eigenvalue weighted by molar-refractivity contribution is -0.219. The van der Waals surface area contributed by atoms with Gasteiger partial charge in [0.1, 0.15) is 6.10 Å². The van der Waals surface area contributed by atoms with Gasteiger partial charge in [0.15, 0.2) is 0 Å². The minimum absolute atomic E-state index is 0.00152. The van der Waals surface area contributed by atoms with Crippen molar-refractivity contribution in [3.05, 3.63) is 0 Å². The Morgan fingerprint density at radius 2 is 1.60 bits per heavy atom. The summed E-state index contributed by atoms with van der Waals surface area (Å²) in [5, 5.41) is 34.8. The molecular weight excluding hydrogens is 540 g/mol. The number of fused-ring (bicyclic) bond motifs is 2. The van der Waals surface area contributed by atoms with Gasteiger partial charge in [-0.1, -0.05) is 54.9 Å². The molecule has 6 rings (SSSR count). The summed E-state index contributed by atoms with van der Waals surface area (Å²) in [5.41, 5.74) is -1.64. The first-order valence-corrected chi connectivity index (χ1v) is 17.7. The Balaban J connectivity index is 1.28. The van der Waals surface area contributed by atoms with Crippen LogP contribution in [0.25, 0.3) is 0 Å². The number of hydrogen-bond acceptors (Lipinski definition) is 6. The first kappa shape index (κ1) is 32.3. The van der Waals surface area contributed by atoms with Gasteiger partial charge in [-0.25, -0.2) is 0 Å². The molecule has 14 unspecified atom stereocenters. The third kappa shape index (κ3) is 4.13. The van der Waals surface area contributed by atoms with Gasteiger partial charge in [-0.2, -0.15) is 0 Å². The van der Waals surface area contributed by atoms with Gasteiger partial charge in [0.25, 0.3) is 0 Å². The van der Waals surface area contributed by atoms with E-state index in [1.807, 2.05) is 20.8 Å². The van der Waals surface area contributed by atoms with Crippen molar-refractivity contribution in [1.82, 2.24) is 0 Å². The number of carbonyl (C=O) groups is 1. The fourth-order valence-corrected chi connectivity index (χ4v) is 13.2. The van der Waals surface area contributed by atoms with Crippen LogP contribution in [0.5, 0.6) is 0 Å². The maximum Gasteiger partial charge on any atom is 0.309 e. The van der Waals surface area contributed by atoms with E-state index >= 15 is 0 Å². The second-order valence-corrected chi connectivity index (χ2v) is 18.5. The van der Waals surface area contributed by atoms with Crippen LogP contribution >= 0.6 is 0 Å². The highest BCUT2D eigenvalue weighted by molar-refractivity contribution is 5.72. The predicted molar refractivity (Wildman–Crippen MR) is 167 cm³/mol. The molecule has 0 aromatic carbocycles. The van der Waals surface area contributed by atoms with Gasteiger partial charge < -0.3 is 24.8 Å². The number of hydrogen-bond donors (Lipinski definition) is 3. The Labute approximate surface area is 261 Å². The molecule has 0 radical (unpaired) electrons. The Kier molecular flexibility index (Phi) is 7.26. The first-order chi connectivity index (χ1) is 19.7. The lowest BCUT2D eigenvalue weighted by atomic mass is 9.41. The van der Waals surface area contributed by atoms with Crippen LogP contribution < -0.4 is 0 Å². The molecule has 6 aliphatic rings. The zero-order valence-electron chi connectivity index (χ0n) is 28.8. The summed E-state index contributed by atoms with van der Waals surface area (Å²) >= 11 is 0. The third-order valence-electron chi connectivity index (χ3n) is 15.9. The van der Waals surface area contributed by atoms with Gasteiger partial charge in [0.2, 0.25) is 0 Å². The molecule has 246 valence electrons. The highest BCUT2D eigenvalue weighted by Crippen LogP contribution is 2.89. The van der Waals surface area contributed by atoms with Gasteiger partial charge in [-0.05, 0) is 118 Å². The summed E-state index contributed by atoms with van der Waals surface area (Å²) in [6.07, 6.45) is 8.05. The average Bonchev–Trinajstić information content (AvgIpc) is 3.26. The minimum atomic E-state index is -0.905. The maximum atomic E-state index is 13.2. The predicted octanol–water partition coefficient (Wildman–Crippen LogP) is 6.67. The lowest BCUT2D eigenvalue weighted by Crippen LogP contribution is -2.62. The van der Waals surface area contributed by atoms with Crippen molar-refractivity contribution in [2.75, 3.05) is 0 Å². The molecule has 2 spiro atoms. The Morgan fingerprint density at radius 1 is 0.930 bits per heavy atom. The van der Waals surface area contributed by atoms with Crippen LogP contribution in [-0.2, 0) is 14.3 Å². The Bertz CT molecular complexity index is 1130. The van der Waals surface area contributed by atoms with Crippen LogP contribution in [0.1, 0.15) is 133 Å². The molecule has 0 bridgehead atoms. The second-order valence-electron chi connectivity index (χ2n) is 18.5. The fourth-order valence-electron chi connectivity index (χ4n) is 13.2. The molecule has 6 nitrogen and oxygen atoms in total.